The standard InChI is InChI=1S/C40H53N3O7S2/c1-5-7-20-40(21-8-6-2)27-43(31-17-13-10-14-18-31)32-24-34(51-4)33(25-35(32)52(48,49)28-40)50-26-36(44)42-38(30-15-11-9-12-16-30)39(47)41-22-19-29(3)23-37(45)46/h9-18,24-25,29,38H,5-8,19-23,26-28H2,1-4H3,(H,41,47)(H,42,44)(H,45,46). The highest BCUT2D eigenvalue weighted by Crippen LogP contribution is 2.47. The molecule has 2 amide bonds. The molecule has 52 heavy (non-hydrogen) atoms. The third-order valence-corrected chi connectivity index (χ3v) is 12.3. The van der Waals surface area contributed by atoms with E-state index in [4.69, 9.17) is 9.84 Å². The van der Waals surface area contributed by atoms with Crippen molar-refractivity contribution in [3.8, 4) is 5.75 Å². The van der Waals surface area contributed by atoms with Crippen LogP contribution in [0.4, 0.5) is 11.4 Å². The van der Waals surface area contributed by atoms with Crippen molar-refractivity contribution >= 4 is 50.8 Å². The van der Waals surface area contributed by atoms with E-state index < -0.39 is 45.7 Å². The zero-order valence-corrected chi connectivity index (χ0v) is 32.4. The predicted molar refractivity (Wildman–Crippen MR) is 207 cm³/mol. The molecule has 1 aliphatic rings. The van der Waals surface area contributed by atoms with E-state index in [2.05, 4.69) is 29.4 Å². The Balaban J connectivity index is 1.61. The van der Waals surface area contributed by atoms with Crippen LogP contribution in [0.1, 0.15) is 83.7 Å². The molecule has 0 saturated heterocycles. The number of para-hydroxylation sites is 1. The molecule has 0 aromatic heterocycles. The van der Waals surface area contributed by atoms with Crippen molar-refractivity contribution in [2.75, 3.05) is 36.6 Å². The molecule has 0 spiro atoms. The maximum absolute atomic E-state index is 14.4. The molecule has 1 heterocycles. The number of rotatable bonds is 19. The van der Waals surface area contributed by atoms with E-state index in [0.717, 1.165) is 44.2 Å². The number of unbranched alkanes of at least 4 members (excludes halogenated alkanes) is 2. The van der Waals surface area contributed by atoms with Gasteiger partial charge in [0.2, 0.25) is 5.91 Å². The van der Waals surface area contributed by atoms with Gasteiger partial charge in [0.25, 0.3) is 5.91 Å². The fourth-order valence-electron chi connectivity index (χ4n) is 6.81. The summed E-state index contributed by atoms with van der Waals surface area (Å²) in [5, 5.41) is 14.6. The Morgan fingerprint density at radius 2 is 1.62 bits per heavy atom. The normalized spacial score (nSPS) is 15.8. The highest BCUT2D eigenvalue weighted by Gasteiger charge is 2.42. The second-order valence-corrected chi connectivity index (χ2v) is 16.6. The number of carboxylic acids is 1. The number of hydrogen-bond acceptors (Lipinski definition) is 8. The molecule has 3 aromatic rings. The van der Waals surface area contributed by atoms with Gasteiger partial charge in [0.05, 0.1) is 21.2 Å². The number of fused-ring (bicyclic) bond motifs is 1. The highest BCUT2D eigenvalue weighted by molar-refractivity contribution is 7.98. The first-order chi connectivity index (χ1) is 24.9. The lowest BCUT2D eigenvalue weighted by Crippen LogP contribution is -2.42. The first-order valence-electron chi connectivity index (χ1n) is 18.2. The summed E-state index contributed by atoms with van der Waals surface area (Å²) >= 11 is 1.40. The van der Waals surface area contributed by atoms with Gasteiger partial charge in [-0.25, -0.2) is 8.42 Å². The summed E-state index contributed by atoms with van der Waals surface area (Å²) in [5.74, 6) is -1.71. The van der Waals surface area contributed by atoms with Crippen molar-refractivity contribution in [2.24, 2.45) is 11.3 Å². The number of ether oxygens (including phenoxy) is 1. The molecular weight excluding hydrogens is 699 g/mol. The third-order valence-electron chi connectivity index (χ3n) is 9.57. The van der Waals surface area contributed by atoms with Crippen LogP contribution in [0, 0.1) is 11.3 Å². The summed E-state index contributed by atoms with van der Waals surface area (Å²) in [6.45, 7) is 6.44. The van der Waals surface area contributed by atoms with Gasteiger partial charge >= 0.3 is 5.97 Å². The number of anilines is 2. The van der Waals surface area contributed by atoms with E-state index in [0.29, 0.717) is 29.1 Å². The number of sulfone groups is 1. The number of carbonyl (C=O) groups is 3. The summed E-state index contributed by atoms with van der Waals surface area (Å²) in [6.07, 6.45) is 7.77. The predicted octanol–water partition coefficient (Wildman–Crippen LogP) is 7.55. The summed E-state index contributed by atoms with van der Waals surface area (Å²) in [4.78, 5) is 40.7. The van der Waals surface area contributed by atoms with Gasteiger partial charge in [-0.1, -0.05) is 95.0 Å². The molecule has 0 aliphatic carbocycles. The number of carboxylic acid groups (broad SMARTS) is 1. The van der Waals surface area contributed by atoms with Crippen LogP contribution in [0.15, 0.2) is 82.6 Å². The van der Waals surface area contributed by atoms with Crippen molar-refractivity contribution in [1.82, 2.24) is 10.6 Å². The molecule has 3 N–H and O–H groups in total. The van der Waals surface area contributed by atoms with Crippen LogP contribution in [0.25, 0.3) is 0 Å². The second-order valence-electron chi connectivity index (χ2n) is 13.8. The molecule has 0 saturated carbocycles. The lowest BCUT2D eigenvalue weighted by Gasteiger charge is -2.37. The van der Waals surface area contributed by atoms with Crippen molar-refractivity contribution < 1.29 is 32.6 Å². The molecule has 0 bridgehead atoms. The van der Waals surface area contributed by atoms with Gasteiger partial charge in [0.1, 0.15) is 11.8 Å². The summed E-state index contributed by atoms with van der Waals surface area (Å²) < 4.78 is 34.9. The maximum atomic E-state index is 14.4. The summed E-state index contributed by atoms with van der Waals surface area (Å²) in [6, 6.07) is 21.1. The largest absolute Gasteiger partial charge is 0.483 e. The van der Waals surface area contributed by atoms with Gasteiger partial charge in [0, 0.05) is 36.7 Å². The Hall–Kier alpha value is -4.03. The van der Waals surface area contributed by atoms with Gasteiger partial charge in [-0.2, -0.15) is 0 Å². The Bertz CT molecular complexity index is 1750. The van der Waals surface area contributed by atoms with Crippen LogP contribution in [0.2, 0.25) is 0 Å². The van der Waals surface area contributed by atoms with Crippen molar-refractivity contribution in [3.63, 3.8) is 0 Å². The number of nitrogens with zero attached hydrogens (tertiary/aromatic N) is 1. The van der Waals surface area contributed by atoms with E-state index in [1.54, 1.807) is 37.3 Å². The molecule has 282 valence electrons. The maximum Gasteiger partial charge on any atom is 0.303 e. The average molecular weight is 752 g/mol. The van der Waals surface area contributed by atoms with E-state index in [-0.39, 0.29) is 35.3 Å². The number of thioether (sulfide) groups is 1. The van der Waals surface area contributed by atoms with Crippen LogP contribution < -0.4 is 20.3 Å². The average Bonchev–Trinajstić information content (AvgIpc) is 3.22. The number of aliphatic carboxylic acids is 1. The Kier molecular flexibility index (Phi) is 15.0. The van der Waals surface area contributed by atoms with E-state index in [1.807, 2.05) is 48.7 Å². The molecule has 2 atom stereocenters. The minimum atomic E-state index is -3.78. The zero-order valence-electron chi connectivity index (χ0n) is 30.7. The lowest BCUT2D eigenvalue weighted by molar-refractivity contribution is -0.138. The van der Waals surface area contributed by atoms with Crippen LogP contribution >= 0.6 is 11.8 Å². The number of hydrogen-bond donors (Lipinski definition) is 3. The number of amides is 2. The minimum absolute atomic E-state index is 0.00302. The van der Waals surface area contributed by atoms with Crippen LogP contribution in [0.3, 0.4) is 0 Å². The van der Waals surface area contributed by atoms with Crippen LogP contribution in [0.5, 0.6) is 5.75 Å². The summed E-state index contributed by atoms with van der Waals surface area (Å²) in [5.41, 5.74) is 1.64. The number of nitrogens with one attached hydrogen (secondary N) is 2. The highest BCUT2D eigenvalue weighted by atomic mass is 32.2. The topological polar surface area (TPSA) is 142 Å². The second kappa shape index (κ2) is 19.2. The third kappa shape index (κ3) is 11.0. The smallest absolute Gasteiger partial charge is 0.303 e. The SMILES string of the molecule is CCCCC1(CCCC)CN(c2ccccc2)c2cc(SC)c(OCC(=O)NC(C(=O)NCCC(C)CC(=O)O)c3ccccc3)cc2S(=O)(=O)C1. The fourth-order valence-corrected chi connectivity index (χ4v) is 9.48. The molecule has 12 heteroatoms. The monoisotopic (exact) mass is 751 g/mol. The molecule has 1 aliphatic heterocycles. The molecule has 0 radical (unpaired) electrons. The minimum Gasteiger partial charge on any atom is -0.483 e. The molecule has 10 nitrogen and oxygen atoms in total. The van der Waals surface area contributed by atoms with Crippen LogP contribution in [-0.2, 0) is 24.2 Å². The number of carbonyl (C=O) groups excluding carboxylic acids is 2. The quantitative estimate of drug-likeness (QED) is 0.106. The van der Waals surface area contributed by atoms with E-state index in [9.17, 15) is 22.8 Å². The van der Waals surface area contributed by atoms with Gasteiger partial charge in [-0.05, 0) is 55.2 Å². The summed E-state index contributed by atoms with van der Waals surface area (Å²) in [7, 11) is -3.78. The van der Waals surface area contributed by atoms with Crippen LogP contribution in [-0.4, -0.2) is 63.0 Å². The van der Waals surface area contributed by atoms with Crippen molar-refractivity contribution in [1.29, 1.82) is 0 Å². The molecular formula is C40H53N3O7S2. The first-order valence-corrected chi connectivity index (χ1v) is 21.0. The van der Waals surface area contributed by atoms with E-state index >= 15 is 0 Å². The Morgan fingerprint density at radius 3 is 2.21 bits per heavy atom. The zero-order chi connectivity index (χ0) is 37.7. The lowest BCUT2D eigenvalue weighted by atomic mass is 9.79. The molecule has 4 rings (SSSR count). The Labute approximate surface area is 313 Å². The van der Waals surface area contributed by atoms with Gasteiger partial charge < -0.3 is 25.4 Å². The molecule has 0 fully saturated rings. The van der Waals surface area contributed by atoms with Crippen molar-refractivity contribution in [3.05, 3.63) is 78.4 Å². The van der Waals surface area contributed by atoms with Gasteiger partial charge in [-0.15, -0.1) is 11.8 Å². The first kappa shape index (κ1) is 40.7. The van der Waals surface area contributed by atoms with E-state index in [1.165, 1.54) is 11.8 Å². The Morgan fingerprint density at radius 1 is 0.981 bits per heavy atom. The van der Waals surface area contributed by atoms with Crippen molar-refractivity contribution in [2.45, 2.75) is 88.0 Å². The molecule has 2 unspecified atom stereocenters. The fraction of sp³-hybridized carbons (Fsp3) is 0.475. The van der Waals surface area contributed by atoms with Gasteiger partial charge in [0.15, 0.2) is 16.4 Å². The van der Waals surface area contributed by atoms with Gasteiger partial charge in [-0.3, -0.25) is 14.4 Å². The molecule has 3 aromatic carbocycles. The number of benzene rings is 3.